The number of carboxylic acids is 1. The average molecular weight is 323 g/mol. The minimum absolute atomic E-state index is 0.134. The molecule has 0 bridgehead atoms. The van der Waals surface area contributed by atoms with Gasteiger partial charge in [0.15, 0.2) is 0 Å². The van der Waals surface area contributed by atoms with Gasteiger partial charge < -0.3 is 15.4 Å². The van der Waals surface area contributed by atoms with E-state index in [2.05, 4.69) is 26.2 Å². The highest BCUT2D eigenvalue weighted by atomic mass is 79.9. The number of aliphatic carboxylic acids is 1. The molecule has 0 saturated carbocycles. The number of benzene rings is 1. The molecule has 1 heterocycles. The van der Waals surface area contributed by atoms with E-state index in [1.165, 1.54) is 0 Å². The number of anilines is 1. The van der Waals surface area contributed by atoms with Crippen molar-refractivity contribution in [3.05, 3.63) is 52.3 Å². The van der Waals surface area contributed by atoms with E-state index in [1.54, 1.807) is 36.5 Å². The lowest BCUT2D eigenvalue weighted by molar-refractivity contribution is -0.136. The van der Waals surface area contributed by atoms with Crippen LogP contribution in [-0.4, -0.2) is 22.0 Å². The summed E-state index contributed by atoms with van der Waals surface area (Å²) in [5, 5.41) is 11.5. The number of halogens is 1. The molecule has 2 rings (SSSR count). The number of amides is 1. The van der Waals surface area contributed by atoms with Crippen LogP contribution in [0.15, 0.2) is 41.0 Å². The standard InChI is InChI=1S/C13H11BrN2O3/c14-9-6-11(15-7-9)13(19)16-10-4-2-1-3-8(10)5-12(17)18/h1-4,6-7,15H,5H2,(H,16,19)(H,17,18). The Kier molecular flexibility index (Phi) is 4.01. The maximum Gasteiger partial charge on any atom is 0.307 e. The van der Waals surface area contributed by atoms with E-state index in [1.807, 2.05) is 0 Å². The van der Waals surface area contributed by atoms with Crippen molar-refractivity contribution in [1.29, 1.82) is 0 Å². The maximum atomic E-state index is 12.0. The molecular weight excluding hydrogens is 312 g/mol. The molecule has 5 nitrogen and oxygen atoms in total. The van der Waals surface area contributed by atoms with E-state index in [9.17, 15) is 9.59 Å². The van der Waals surface area contributed by atoms with Gasteiger partial charge in [-0.25, -0.2) is 0 Å². The van der Waals surface area contributed by atoms with Gasteiger partial charge in [0.1, 0.15) is 5.69 Å². The molecule has 98 valence electrons. The number of H-pyrrole nitrogens is 1. The molecule has 0 atom stereocenters. The fourth-order valence-electron chi connectivity index (χ4n) is 1.65. The fourth-order valence-corrected chi connectivity index (χ4v) is 1.99. The molecule has 0 aliphatic heterocycles. The molecule has 1 aromatic heterocycles. The molecule has 3 N–H and O–H groups in total. The van der Waals surface area contributed by atoms with Crippen LogP contribution in [0.3, 0.4) is 0 Å². The van der Waals surface area contributed by atoms with Gasteiger partial charge in [0, 0.05) is 16.4 Å². The number of carboxylic acid groups (broad SMARTS) is 1. The minimum atomic E-state index is -0.940. The van der Waals surface area contributed by atoms with E-state index >= 15 is 0 Å². The monoisotopic (exact) mass is 322 g/mol. The first-order valence-electron chi connectivity index (χ1n) is 5.51. The van der Waals surface area contributed by atoms with E-state index in [-0.39, 0.29) is 12.3 Å². The summed E-state index contributed by atoms with van der Waals surface area (Å²) < 4.78 is 0.775. The Hall–Kier alpha value is -2.08. The Bertz CT molecular complexity index is 622. The third-order valence-electron chi connectivity index (χ3n) is 2.50. The average Bonchev–Trinajstić information content (AvgIpc) is 2.78. The highest BCUT2D eigenvalue weighted by molar-refractivity contribution is 9.10. The van der Waals surface area contributed by atoms with Crippen LogP contribution < -0.4 is 5.32 Å². The molecule has 0 aliphatic rings. The first kappa shape index (κ1) is 13.4. The molecule has 0 unspecified atom stereocenters. The van der Waals surface area contributed by atoms with Crippen molar-refractivity contribution in [3.63, 3.8) is 0 Å². The van der Waals surface area contributed by atoms with Crippen LogP contribution in [-0.2, 0) is 11.2 Å². The van der Waals surface area contributed by atoms with Crippen molar-refractivity contribution in [2.75, 3.05) is 5.32 Å². The van der Waals surface area contributed by atoms with Crippen LogP contribution in [0.4, 0.5) is 5.69 Å². The van der Waals surface area contributed by atoms with Crippen molar-refractivity contribution in [2.24, 2.45) is 0 Å². The largest absolute Gasteiger partial charge is 0.481 e. The molecule has 2 aromatic rings. The van der Waals surface area contributed by atoms with Crippen LogP contribution in [0.25, 0.3) is 0 Å². The third-order valence-corrected chi connectivity index (χ3v) is 2.96. The van der Waals surface area contributed by atoms with Crippen molar-refractivity contribution in [3.8, 4) is 0 Å². The smallest absolute Gasteiger partial charge is 0.307 e. The molecule has 0 spiro atoms. The second-order valence-electron chi connectivity index (χ2n) is 3.91. The maximum absolute atomic E-state index is 12.0. The zero-order valence-electron chi connectivity index (χ0n) is 9.81. The van der Waals surface area contributed by atoms with E-state index in [4.69, 9.17) is 5.11 Å². The first-order valence-corrected chi connectivity index (χ1v) is 6.30. The molecule has 1 aromatic carbocycles. The fraction of sp³-hybridized carbons (Fsp3) is 0.0769. The zero-order valence-corrected chi connectivity index (χ0v) is 11.4. The van der Waals surface area contributed by atoms with Gasteiger partial charge in [-0.3, -0.25) is 9.59 Å². The van der Waals surface area contributed by atoms with Gasteiger partial charge in [-0.05, 0) is 33.6 Å². The van der Waals surface area contributed by atoms with Gasteiger partial charge in [-0.2, -0.15) is 0 Å². The van der Waals surface area contributed by atoms with Crippen LogP contribution in [0.2, 0.25) is 0 Å². The summed E-state index contributed by atoms with van der Waals surface area (Å²) in [6.45, 7) is 0. The van der Waals surface area contributed by atoms with Crippen LogP contribution in [0, 0.1) is 0 Å². The third kappa shape index (κ3) is 3.45. The number of aromatic nitrogens is 1. The number of aromatic amines is 1. The summed E-state index contributed by atoms with van der Waals surface area (Å²) in [6, 6.07) is 8.47. The van der Waals surface area contributed by atoms with Gasteiger partial charge in [0.2, 0.25) is 0 Å². The molecule has 6 heteroatoms. The highest BCUT2D eigenvalue weighted by Crippen LogP contribution is 2.18. The predicted molar refractivity (Wildman–Crippen MR) is 74.2 cm³/mol. The van der Waals surface area contributed by atoms with Gasteiger partial charge in [-0.1, -0.05) is 18.2 Å². The summed E-state index contributed by atoms with van der Waals surface area (Å²) in [5.74, 6) is -1.26. The van der Waals surface area contributed by atoms with Crippen LogP contribution in [0.5, 0.6) is 0 Å². The lowest BCUT2D eigenvalue weighted by Crippen LogP contribution is -2.14. The number of carbonyl (C=O) groups is 2. The number of carbonyl (C=O) groups excluding carboxylic acids is 1. The Labute approximate surface area is 117 Å². The minimum Gasteiger partial charge on any atom is -0.481 e. The Morgan fingerprint density at radius 2 is 2.05 bits per heavy atom. The van der Waals surface area contributed by atoms with Crippen molar-refractivity contribution in [1.82, 2.24) is 4.98 Å². The summed E-state index contributed by atoms with van der Waals surface area (Å²) in [6.07, 6.45) is 1.52. The van der Waals surface area contributed by atoms with Crippen LogP contribution in [0.1, 0.15) is 16.1 Å². The summed E-state index contributed by atoms with van der Waals surface area (Å²) in [4.78, 5) is 25.5. The van der Waals surface area contributed by atoms with E-state index in [0.717, 1.165) is 4.47 Å². The zero-order chi connectivity index (χ0) is 13.8. The van der Waals surface area contributed by atoms with Crippen LogP contribution >= 0.6 is 15.9 Å². The Morgan fingerprint density at radius 1 is 1.32 bits per heavy atom. The number of para-hydroxylation sites is 1. The lowest BCUT2D eigenvalue weighted by Gasteiger charge is -2.08. The van der Waals surface area contributed by atoms with Gasteiger partial charge in [0.05, 0.1) is 6.42 Å². The normalized spacial score (nSPS) is 10.2. The topological polar surface area (TPSA) is 82.2 Å². The van der Waals surface area contributed by atoms with E-state index < -0.39 is 5.97 Å². The summed E-state index contributed by atoms with van der Waals surface area (Å²) in [5.41, 5.74) is 1.46. The molecule has 19 heavy (non-hydrogen) atoms. The molecule has 0 radical (unpaired) electrons. The summed E-state index contributed by atoms with van der Waals surface area (Å²) >= 11 is 3.24. The van der Waals surface area contributed by atoms with Gasteiger partial charge >= 0.3 is 5.97 Å². The number of rotatable bonds is 4. The molecule has 0 aliphatic carbocycles. The number of nitrogens with one attached hydrogen (secondary N) is 2. The van der Waals surface area contributed by atoms with Gasteiger partial charge in [0.25, 0.3) is 5.91 Å². The molecule has 0 fully saturated rings. The number of hydrogen-bond acceptors (Lipinski definition) is 2. The predicted octanol–water partition coefficient (Wildman–Crippen LogP) is 2.66. The Balaban J connectivity index is 2.19. The lowest BCUT2D eigenvalue weighted by atomic mass is 10.1. The van der Waals surface area contributed by atoms with Gasteiger partial charge in [-0.15, -0.1) is 0 Å². The Morgan fingerprint density at radius 3 is 2.68 bits per heavy atom. The SMILES string of the molecule is O=C(O)Cc1ccccc1NC(=O)c1cc(Br)c[nH]1. The molecule has 0 saturated heterocycles. The van der Waals surface area contributed by atoms with Crippen molar-refractivity contribution in [2.45, 2.75) is 6.42 Å². The molecular formula is C13H11BrN2O3. The second-order valence-corrected chi connectivity index (χ2v) is 4.83. The molecule has 1 amide bonds. The first-order chi connectivity index (χ1) is 9.06. The quantitative estimate of drug-likeness (QED) is 0.809. The van der Waals surface area contributed by atoms with Crippen molar-refractivity contribution >= 4 is 33.5 Å². The summed E-state index contributed by atoms with van der Waals surface area (Å²) in [7, 11) is 0. The highest BCUT2D eigenvalue weighted by Gasteiger charge is 2.12. The van der Waals surface area contributed by atoms with Crippen molar-refractivity contribution < 1.29 is 14.7 Å². The number of hydrogen-bond donors (Lipinski definition) is 3. The second kappa shape index (κ2) is 5.71. The van der Waals surface area contributed by atoms with E-state index in [0.29, 0.717) is 16.9 Å².